The van der Waals surface area contributed by atoms with Crippen molar-refractivity contribution in [1.29, 1.82) is 0 Å². The zero-order valence-corrected chi connectivity index (χ0v) is 13.9. The molecule has 3 rings (SSSR count). The minimum absolute atomic E-state index is 0.0217. The van der Waals surface area contributed by atoms with Crippen LogP contribution in [0.3, 0.4) is 0 Å². The molecule has 1 aromatic heterocycles. The number of aromatic nitrogens is 2. The van der Waals surface area contributed by atoms with E-state index in [1.54, 1.807) is 26.0 Å². The lowest BCUT2D eigenvalue weighted by Gasteiger charge is -2.15. The van der Waals surface area contributed by atoms with Crippen molar-refractivity contribution in [3.63, 3.8) is 0 Å². The highest BCUT2D eigenvalue weighted by atomic mass is 16.6. The van der Waals surface area contributed by atoms with E-state index in [0.29, 0.717) is 28.3 Å². The molecular weight excluding hydrogens is 318 g/mol. The molecule has 0 radical (unpaired) electrons. The topological polar surface area (TPSA) is 89.2 Å². The Morgan fingerprint density at radius 2 is 1.72 bits per heavy atom. The van der Waals surface area contributed by atoms with Crippen molar-refractivity contribution in [3.05, 3.63) is 76.0 Å². The summed E-state index contributed by atoms with van der Waals surface area (Å²) >= 11 is 0. The molecule has 1 atom stereocenters. The Hall–Kier alpha value is -3.12. The van der Waals surface area contributed by atoms with Crippen LogP contribution in [-0.4, -0.2) is 20.0 Å². The number of nitrogens with zero attached hydrogens (tertiary/aromatic N) is 3. The van der Waals surface area contributed by atoms with Gasteiger partial charge in [-0.2, -0.15) is 0 Å². The maximum absolute atomic E-state index is 11.1. The molecular formula is C19H17N3O3. The second-order valence-electron chi connectivity index (χ2n) is 5.74. The van der Waals surface area contributed by atoms with E-state index in [0.717, 1.165) is 5.56 Å². The lowest BCUT2D eigenvalue weighted by molar-refractivity contribution is -0.384. The smallest absolute Gasteiger partial charge is 0.270 e. The number of non-ortho nitro benzene ring substituents is 1. The average molecular weight is 335 g/mol. The molecule has 0 fully saturated rings. The fraction of sp³-hybridized carbons (Fsp3) is 0.158. The van der Waals surface area contributed by atoms with Crippen LogP contribution < -0.4 is 0 Å². The highest BCUT2D eigenvalue weighted by Gasteiger charge is 2.19. The molecule has 0 aliphatic heterocycles. The molecule has 6 heteroatoms. The van der Waals surface area contributed by atoms with Gasteiger partial charge in [-0.15, -0.1) is 0 Å². The van der Waals surface area contributed by atoms with Gasteiger partial charge in [-0.1, -0.05) is 42.5 Å². The van der Waals surface area contributed by atoms with Gasteiger partial charge in [-0.3, -0.25) is 10.1 Å². The second kappa shape index (κ2) is 6.78. The van der Waals surface area contributed by atoms with Gasteiger partial charge < -0.3 is 5.11 Å². The zero-order chi connectivity index (χ0) is 18.0. The summed E-state index contributed by atoms with van der Waals surface area (Å²) in [4.78, 5) is 19.7. The number of aliphatic hydroxyl groups excluding tert-OH is 1. The van der Waals surface area contributed by atoms with Crippen LogP contribution in [0.25, 0.3) is 22.6 Å². The number of hydrogen-bond acceptors (Lipinski definition) is 5. The van der Waals surface area contributed by atoms with Gasteiger partial charge in [0.15, 0.2) is 5.82 Å². The predicted octanol–water partition coefficient (Wildman–Crippen LogP) is 4.08. The van der Waals surface area contributed by atoms with Crippen LogP contribution in [-0.2, 0) is 0 Å². The van der Waals surface area contributed by atoms with Crippen molar-refractivity contribution >= 4 is 5.69 Å². The van der Waals surface area contributed by atoms with Crippen LogP contribution in [0.5, 0.6) is 0 Å². The van der Waals surface area contributed by atoms with Crippen LogP contribution in [0.15, 0.2) is 54.6 Å². The number of nitro groups is 1. The number of aliphatic hydroxyl groups is 1. The molecule has 0 saturated carbocycles. The van der Waals surface area contributed by atoms with Crippen molar-refractivity contribution in [1.82, 2.24) is 9.97 Å². The summed E-state index contributed by atoms with van der Waals surface area (Å²) in [5, 5.41) is 21.3. The standard InChI is InChI=1S/C19H17N3O3/c1-12-17(13(2)23)18(15-9-6-10-16(11-15)22(24)25)21-19(20-12)14-7-4-3-5-8-14/h3-11,13,23H,1-2H3. The highest BCUT2D eigenvalue weighted by molar-refractivity contribution is 5.70. The minimum atomic E-state index is -0.793. The largest absolute Gasteiger partial charge is 0.389 e. The third-order valence-corrected chi connectivity index (χ3v) is 3.92. The molecule has 0 saturated heterocycles. The van der Waals surface area contributed by atoms with Gasteiger partial charge >= 0.3 is 0 Å². The molecule has 0 amide bonds. The van der Waals surface area contributed by atoms with Gasteiger partial charge in [0.05, 0.1) is 16.7 Å². The Morgan fingerprint density at radius 3 is 2.36 bits per heavy atom. The van der Waals surface area contributed by atoms with Crippen LogP contribution in [0.2, 0.25) is 0 Å². The molecule has 126 valence electrons. The first-order valence-electron chi connectivity index (χ1n) is 7.84. The fourth-order valence-corrected chi connectivity index (χ4v) is 2.78. The minimum Gasteiger partial charge on any atom is -0.389 e. The molecule has 0 aliphatic carbocycles. The summed E-state index contributed by atoms with van der Waals surface area (Å²) in [6.45, 7) is 3.44. The van der Waals surface area contributed by atoms with Crippen molar-refractivity contribution in [2.24, 2.45) is 0 Å². The molecule has 3 aromatic rings. The van der Waals surface area contributed by atoms with E-state index in [4.69, 9.17) is 0 Å². The lowest BCUT2D eigenvalue weighted by atomic mass is 10.00. The normalized spacial score (nSPS) is 12.0. The van der Waals surface area contributed by atoms with Gasteiger partial charge in [0.2, 0.25) is 0 Å². The first-order chi connectivity index (χ1) is 12.0. The fourth-order valence-electron chi connectivity index (χ4n) is 2.78. The first-order valence-corrected chi connectivity index (χ1v) is 7.84. The Morgan fingerprint density at radius 1 is 1.04 bits per heavy atom. The van der Waals surface area contributed by atoms with Gasteiger partial charge in [0.1, 0.15) is 0 Å². The Labute approximate surface area is 145 Å². The van der Waals surface area contributed by atoms with Crippen LogP contribution in [0.1, 0.15) is 24.3 Å². The van der Waals surface area contributed by atoms with E-state index in [2.05, 4.69) is 9.97 Å². The van der Waals surface area contributed by atoms with Crippen molar-refractivity contribution < 1.29 is 10.0 Å². The molecule has 1 N–H and O–H groups in total. The van der Waals surface area contributed by atoms with E-state index in [1.807, 2.05) is 30.3 Å². The third-order valence-electron chi connectivity index (χ3n) is 3.92. The molecule has 1 heterocycles. The molecule has 0 aliphatic rings. The summed E-state index contributed by atoms with van der Waals surface area (Å²) in [7, 11) is 0. The van der Waals surface area contributed by atoms with Crippen LogP contribution in [0, 0.1) is 17.0 Å². The maximum Gasteiger partial charge on any atom is 0.270 e. The number of rotatable bonds is 4. The molecule has 25 heavy (non-hydrogen) atoms. The molecule has 1 unspecified atom stereocenters. The lowest BCUT2D eigenvalue weighted by Crippen LogP contribution is -2.06. The highest BCUT2D eigenvalue weighted by Crippen LogP contribution is 2.32. The third kappa shape index (κ3) is 3.39. The molecule has 0 spiro atoms. The number of aryl methyl sites for hydroxylation is 1. The summed E-state index contributed by atoms with van der Waals surface area (Å²) in [6.07, 6.45) is -0.793. The van der Waals surface area contributed by atoms with Crippen LogP contribution >= 0.6 is 0 Å². The Kier molecular flexibility index (Phi) is 4.54. The monoisotopic (exact) mass is 335 g/mol. The van der Waals surface area contributed by atoms with Crippen molar-refractivity contribution in [2.45, 2.75) is 20.0 Å². The van der Waals surface area contributed by atoms with Gasteiger partial charge in [0, 0.05) is 34.5 Å². The maximum atomic E-state index is 11.1. The molecule has 2 aromatic carbocycles. The van der Waals surface area contributed by atoms with E-state index in [9.17, 15) is 15.2 Å². The van der Waals surface area contributed by atoms with E-state index in [1.165, 1.54) is 12.1 Å². The number of nitro benzene ring substituents is 1. The first kappa shape index (κ1) is 16.7. The number of hydrogen-bond donors (Lipinski definition) is 1. The average Bonchev–Trinajstić information content (AvgIpc) is 2.61. The van der Waals surface area contributed by atoms with Gasteiger partial charge in [0.25, 0.3) is 5.69 Å². The van der Waals surface area contributed by atoms with E-state index in [-0.39, 0.29) is 5.69 Å². The molecule has 6 nitrogen and oxygen atoms in total. The summed E-state index contributed by atoms with van der Waals surface area (Å²) in [5.74, 6) is 0.518. The quantitative estimate of drug-likeness (QED) is 0.573. The van der Waals surface area contributed by atoms with E-state index >= 15 is 0 Å². The summed E-state index contributed by atoms with van der Waals surface area (Å²) < 4.78 is 0. The summed E-state index contributed by atoms with van der Waals surface area (Å²) in [5.41, 5.74) is 3.12. The van der Waals surface area contributed by atoms with Crippen molar-refractivity contribution in [3.8, 4) is 22.6 Å². The Bertz CT molecular complexity index is 924. The van der Waals surface area contributed by atoms with Gasteiger partial charge in [-0.05, 0) is 13.8 Å². The number of benzene rings is 2. The van der Waals surface area contributed by atoms with Gasteiger partial charge in [-0.25, -0.2) is 9.97 Å². The Balaban J connectivity index is 2.25. The second-order valence-corrected chi connectivity index (χ2v) is 5.74. The van der Waals surface area contributed by atoms with Crippen molar-refractivity contribution in [2.75, 3.05) is 0 Å². The zero-order valence-electron chi connectivity index (χ0n) is 13.9. The predicted molar refractivity (Wildman–Crippen MR) is 94.9 cm³/mol. The summed E-state index contributed by atoms with van der Waals surface area (Å²) in [6, 6.07) is 15.7. The molecule has 0 bridgehead atoms. The SMILES string of the molecule is Cc1nc(-c2ccccc2)nc(-c2cccc([N+](=O)[O-])c2)c1C(C)O. The van der Waals surface area contributed by atoms with Crippen LogP contribution in [0.4, 0.5) is 5.69 Å². The van der Waals surface area contributed by atoms with E-state index < -0.39 is 11.0 Å².